The lowest BCUT2D eigenvalue weighted by molar-refractivity contribution is 0.0593. The number of halogens is 4. The van der Waals surface area contributed by atoms with Crippen LogP contribution >= 0.6 is 22.6 Å². The molecule has 0 aliphatic rings. The zero-order valence-corrected chi connectivity index (χ0v) is 9.59. The Kier molecular flexibility index (Phi) is 3.89. The second kappa shape index (κ2) is 4.77. The predicted molar refractivity (Wildman–Crippen MR) is 53.2 cm³/mol. The molecular weight excluding hydrogens is 326 g/mol. The molecule has 0 saturated carbocycles. The van der Waals surface area contributed by atoms with Crippen molar-refractivity contribution in [3.05, 3.63) is 26.8 Å². The van der Waals surface area contributed by atoms with Crippen molar-refractivity contribution in [3.8, 4) is 0 Å². The average molecular weight is 331 g/mol. The summed E-state index contributed by atoms with van der Waals surface area (Å²) < 4.78 is 41.8. The predicted octanol–water partition coefficient (Wildman–Crippen LogP) is 2.55. The maximum Gasteiger partial charge on any atom is 0.342 e. The molecule has 0 bridgehead atoms. The molecule has 0 amide bonds. The van der Waals surface area contributed by atoms with Crippen molar-refractivity contribution >= 4 is 28.6 Å². The van der Waals surface area contributed by atoms with Gasteiger partial charge in [0.15, 0.2) is 5.82 Å². The van der Waals surface area contributed by atoms with Crippen LogP contribution in [0.3, 0.4) is 0 Å². The number of ether oxygens (including phenoxy) is 1. The minimum absolute atomic E-state index is 0.370. The van der Waals surface area contributed by atoms with E-state index >= 15 is 0 Å². The normalized spacial score (nSPS) is 10.5. The molecule has 0 unspecified atom stereocenters. The molecule has 0 aliphatic carbocycles. The van der Waals surface area contributed by atoms with Gasteiger partial charge in [0.1, 0.15) is 11.3 Å². The Bertz CT molecular complexity index is 398. The molecular formula is C8H5F3INO2. The zero-order chi connectivity index (χ0) is 11.6. The van der Waals surface area contributed by atoms with Gasteiger partial charge in [0.05, 0.1) is 10.7 Å². The number of nitrogens with zero attached hydrogens (tertiary/aromatic N) is 1. The third kappa shape index (κ3) is 2.39. The van der Waals surface area contributed by atoms with Crippen LogP contribution in [0.25, 0.3) is 0 Å². The Balaban J connectivity index is 3.27. The maximum atomic E-state index is 13.4. The highest BCUT2D eigenvalue weighted by atomic mass is 127. The first-order chi connectivity index (χ1) is 6.99. The Morgan fingerprint density at radius 2 is 2.20 bits per heavy atom. The summed E-state index contributed by atoms with van der Waals surface area (Å²) in [5, 5.41) is 0. The molecule has 0 aromatic carbocycles. The largest absolute Gasteiger partial charge is 0.465 e. The van der Waals surface area contributed by atoms with E-state index in [1.807, 2.05) is 0 Å². The van der Waals surface area contributed by atoms with E-state index in [0.717, 1.165) is 13.3 Å². The summed E-state index contributed by atoms with van der Waals surface area (Å²) in [6.07, 6.45) is -2.14. The SMILES string of the molecule is COC(=O)c1cnc(C(F)F)c(I)c1F. The van der Waals surface area contributed by atoms with E-state index in [1.54, 1.807) is 0 Å². The van der Waals surface area contributed by atoms with E-state index in [9.17, 15) is 18.0 Å². The summed E-state index contributed by atoms with van der Waals surface area (Å²) in [5.41, 5.74) is -1.13. The number of methoxy groups -OCH3 is 1. The van der Waals surface area contributed by atoms with Gasteiger partial charge >= 0.3 is 5.97 Å². The quantitative estimate of drug-likeness (QED) is 0.618. The van der Waals surface area contributed by atoms with Gasteiger partial charge in [-0.1, -0.05) is 0 Å². The van der Waals surface area contributed by atoms with E-state index in [0.29, 0.717) is 0 Å². The van der Waals surface area contributed by atoms with Crippen LogP contribution < -0.4 is 0 Å². The Morgan fingerprint density at radius 1 is 1.60 bits per heavy atom. The van der Waals surface area contributed by atoms with Gasteiger partial charge in [-0.15, -0.1) is 0 Å². The highest BCUT2D eigenvalue weighted by molar-refractivity contribution is 14.1. The Labute approximate surface area is 96.8 Å². The van der Waals surface area contributed by atoms with Crippen molar-refractivity contribution in [2.45, 2.75) is 6.43 Å². The number of pyridine rings is 1. The second-order valence-electron chi connectivity index (χ2n) is 2.48. The lowest BCUT2D eigenvalue weighted by atomic mass is 10.2. The molecule has 0 atom stereocenters. The van der Waals surface area contributed by atoms with Crippen molar-refractivity contribution in [1.29, 1.82) is 0 Å². The molecule has 0 radical (unpaired) electrons. The summed E-state index contributed by atoms with van der Waals surface area (Å²) in [4.78, 5) is 14.3. The third-order valence-corrected chi connectivity index (χ3v) is 2.62. The molecule has 82 valence electrons. The highest BCUT2D eigenvalue weighted by Gasteiger charge is 2.22. The van der Waals surface area contributed by atoms with Gasteiger partial charge in [-0.3, -0.25) is 4.98 Å². The second-order valence-corrected chi connectivity index (χ2v) is 3.56. The fourth-order valence-electron chi connectivity index (χ4n) is 0.883. The summed E-state index contributed by atoms with van der Waals surface area (Å²) >= 11 is 1.37. The Morgan fingerprint density at radius 3 is 2.67 bits per heavy atom. The highest BCUT2D eigenvalue weighted by Crippen LogP contribution is 2.25. The van der Waals surface area contributed by atoms with Gasteiger partial charge in [0.2, 0.25) is 0 Å². The van der Waals surface area contributed by atoms with Crippen molar-refractivity contribution in [2.75, 3.05) is 7.11 Å². The van der Waals surface area contributed by atoms with Gasteiger partial charge in [-0.25, -0.2) is 18.0 Å². The minimum atomic E-state index is -2.88. The van der Waals surface area contributed by atoms with Gasteiger partial charge in [-0.05, 0) is 22.6 Å². The molecule has 0 N–H and O–H groups in total. The first kappa shape index (κ1) is 12.2. The molecule has 1 aromatic heterocycles. The van der Waals surface area contributed by atoms with Crippen LogP contribution in [0.1, 0.15) is 22.5 Å². The number of aromatic nitrogens is 1. The molecule has 1 rings (SSSR count). The number of hydrogen-bond donors (Lipinski definition) is 0. The fourth-order valence-corrected chi connectivity index (χ4v) is 1.55. The molecule has 0 fully saturated rings. The number of carbonyl (C=O) groups excluding carboxylic acids is 1. The summed E-state index contributed by atoms with van der Waals surface area (Å²) in [5.74, 6) is -1.98. The van der Waals surface area contributed by atoms with Crippen LogP contribution in [0, 0.1) is 9.39 Å². The lowest BCUT2D eigenvalue weighted by Gasteiger charge is -2.06. The monoisotopic (exact) mass is 331 g/mol. The first-order valence-electron chi connectivity index (χ1n) is 3.69. The number of esters is 1. The van der Waals surface area contributed by atoms with Crippen molar-refractivity contribution in [3.63, 3.8) is 0 Å². The van der Waals surface area contributed by atoms with Crippen molar-refractivity contribution in [1.82, 2.24) is 4.98 Å². The van der Waals surface area contributed by atoms with Crippen LogP contribution in [-0.4, -0.2) is 18.1 Å². The van der Waals surface area contributed by atoms with Crippen LogP contribution in [-0.2, 0) is 4.74 Å². The van der Waals surface area contributed by atoms with Crippen LogP contribution in [0.4, 0.5) is 13.2 Å². The van der Waals surface area contributed by atoms with Gasteiger partial charge < -0.3 is 4.74 Å². The molecule has 1 heterocycles. The van der Waals surface area contributed by atoms with Crippen molar-refractivity contribution in [2.24, 2.45) is 0 Å². The smallest absolute Gasteiger partial charge is 0.342 e. The molecule has 0 spiro atoms. The molecule has 3 nitrogen and oxygen atoms in total. The van der Waals surface area contributed by atoms with Crippen LogP contribution in [0.5, 0.6) is 0 Å². The molecule has 1 aromatic rings. The minimum Gasteiger partial charge on any atom is -0.465 e. The van der Waals surface area contributed by atoms with E-state index in [4.69, 9.17) is 0 Å². The fraction of sp³-hybridized carbons (Fsp3) is 0.250. The van der Waals surface area contributed by atoms with E-state index in [2.05, 4.69) is 9.72 Å². The Hall–Kier alpha value is -0.860. The summed E-state index contributed by atoms with van der Waals surface area (Å²) in [7, 11) is 1.07. The zero-order valence-electron chi connectivity index (χ0n) is 7.43. The molecule has 0 aliphatic heterocycles. The number of alkyl halides is 2. The van der Waals surface area contributed by atoms with Gasteiger partial charge in [-0.2, -0.15) is 0 Å². The van der Waals surface area contributed by atoms with E-state index in [-0.39, 0.29) is 3.57 Å². The number of carbonyl (C=O) groups is 1. The van der Waals surface area contributed by atoms with Gasteiger partial charge in [0.25, 0.3) is 6.43 Å². The summed E-state index contributed by atoms with van der Waals surface area (Å²) in [6.45, 7) is 0. The van der Waals surface area contributed by atoms with Crippen molar-refractivity contribution < 1.29 is 22.7 Å². The first-order valence-corrected chi connectivity index (χ1v) is 4.77. The number of hydrogen-bond acceptors (Lipinski definition) is 3. The third-order valence-electron chi connectivity index (χ3n) is 1.60. The standard InChI is InChI=1S/C8H5F3INO2/c1-15-8(14)3-2-13-6(7(10)11)5(12)4(3)9/h2,7H,1H3. The summed E-state index contributed by atoms with van der Waals surface area (Å²) in [6, 6.07) is 0. The van der Waals surface area contributed by atoms with E-state index in [1.165, 1.54) is 22.6 Å². The number of rotatable bonds is 2. The molecule has 0 saturated heterocycles. The van der Waals surface area contributed by atoms with Crippen LogP contribution in [0.2, 0.25) is 0 Å². The molecule has 7 heteroatoms. The maximum absolute atomic E-state index is 13.4. The van der Waals surface area contributed by atoms with Crippen LogP contribution in [0.15, 0.2) is 6.20 Å². The van der Waals surface area contributed by atoms with Gasteiger partial charge in [0, 0.05) is 6.20 Å². The average Bonchev–Trinajstić information content (AvgIpc) is 2.20. The van der Waals surface area contributed by atoms with E-state index < -0.39 is 29.5 Å². The topological polar surface area (TPSA) is 39.2 Å². The molecule has 15 heavy (non-hydrogen) atoms. The lowest BCUT2D eigenvalue weighted by Crippen LogP contribution is -2.09.